The van der Waals surface area contributed by atoms with Crippen LogP contribution in [0.4, 0.5) is 0 Å². The van der Waals surface area contributed by atoms with Crippen LogP contribution in [0.1, 0.15) is 34.1 Å². The minimum atomic E-state index is 0. The van der Waals surface area contributed by atoms with Gasteiger partial charge in [0.1, 0.15) is 0 Å². The van der Waals surface area contributed by atoms with E-state index < -0.39 is 0 Å². The maximum absolute atomic E-state index is 2.12. The fraction of sp³-hybridized carbons (Fsp3) is 0.556. The second-order valence-corrected chi connectivity index (χ2v) is 0.707. The van der Waals surface area contributed by atoms with Gasteiger partial charge in [-0.1, -0.05) is 34.1 Å². The first-order valence-electron chi connectivity index (χ1n) is 2.41. The van der Waals surface area contributed by atoms with Crippen molar-refractivity contribution in [3.8, 4) is 0 Å². The molecule has 1 radical (unpaired) electrons. The zero-order chi connectivity index (χ0) is 4.71. The maximum Gasteiger partial charge on any atom is 3.00 e. The fourth-order valence-electron chi connectivity index (χ4n) is 0. The van der Waals surface area contributed by atoms with Crippen molar-refractivity contribution in [1.82, 2.24) is 0 Å². The van der Waals surface area contributed by atoms with Crippen LogP contribution in [0, 0.1) is 29.7 Å². The SMILES string of the molecule is CC.CCC.[CH3-].[CH3-].[CH3-].[CH3-].[Y+3].[Y]. The van der Waals surface area contributed by atoms with Gasteiger partial charge in [0.2, 0.25) is 0 Å². The third kappa shape index (κ3) is 261. The van der Waals surface area contributed by atoms with Crippen molar-refractivity contribution < 1.29 is 65.4 Å². The molecule has 0 unspecified atom stereocenters. The van der Waals surface area contributed by atoms with Crippen molar-refractivity contribution in [2.75, 3.05) is 0 Å². The summed E-state index contributed by atoms with van der Waals surface area (Å²) in [6.45, 7) is 8.25. The van der Waals surface area contributed by atoms with Crippen LogP contribution in [0.2, 0.25) is 0 Å². The fourth-order valence-corrected chi connectivity index (χ4v) is 0. The van der Waals surface area contributed by atoms with Crippen molar-refractivity contribution >= 4 is 0 Å². The molecule has 11 heavy (non-hydrogen) atoms. The van der Waals surface area contributed by atoms with E-state index in [2.05, 4.69) is 13.8 Å². The van der Waals surface area contributed by atoms with Gasteiger partial charge in [-0.25, -0.2) is 0 Å². The topological polar surface area (TPSA) is 0 Å². The first kappa shape index (κ1) is 72.6. The molecule has 0 saturated carbocycles. The molecule has 0 aromatic carbocycles. The van der Waals surface area contributed by atoms with Crippen LogP contribution in [0.5, 0.6) is 0 Å². The molecule has 0 heterocycles. The van der Waals surface area contributed by atoms with Crippen molar-refractivity contribution in [1.29, 1.82) is 0 Å². The molecule has 0 fully saturated rings. The Morgan fingerprint density at radius 3 is 0.727 bits per heavy atom. The molecule has 0 aliphatic rings. The molecule has 0 aromatic heterocycles. The summed E-state index contributed by atoms with van der Waals surface area (Å²) in [6.07, 6.45) is 1.25. The summed E-state index contributed by atoms with van der Waals surface area (Å²) in [5.41, 5.74) is 0. The quantitative estimate of drug-likeness (QED) is 0.587. The first-order chi connectivity index (χ1) is 2.41. The Hall–Kier alpha value is 2.21. The molecule has 0 amide bonds. The third-order valence-corrected chi connectivity index (χ3v) is 0. The second-order valence-electron chi connectivity index (χ2n) is 0.707. The average Bonchev–Trinajstić information content (AvgIpc) is 1.46. The summed E-state index contributed by atoms with van der Waals surface area (Å²) < 4.78 is 0. The van der Waals surface area contributed by atoms with Gasteiger partial charge in [-0.3, -0.25) is 0 Å². The first-order valence-corrected chi connectivity index (χ1v) is 2.41. The molecule has 0 aliphatic heterocycles. The van der Waals surface area contributed by atoms with E-state index in [4.69, 9.17) is 0 Å². The molecular weight excluding hydrogens is 286 g/mol. The van der Waals surface area contributed by atoms with Crippen molar-refractivity contribution in [2.24, 2.45) is 0 Å². The number of rotatable bonds is 0. The predicted molar refractivity (Wildman–Crippen MR) is 53.0 cm³/mol. The van der Waals surface area contributed by atoms with Crippen LogP contribution in [0.3, 0.4) is 0 Å². The Balaban J connectivity index is -0.00000000181. The maximum atomic E-state index is 2.12. The van der Waals surface area contributed by atoms with Gasteiger partial charge < -0.3 is 29.7 Å². The van der Waals surface area contributed by atoms with Gasteiger partial charge in [-0.2, -0.15) is 0 Å². The van der Waals surface area contributed by atoms with Crippen molar-refractivity contribution in [3.63, 3.8) is 0 Å². The Morgan fingerprint density at radius 2 is 0.727 bits per heavy atom. The van der Waals surface area contributed by atoms with Gasteiger partial charge in [-0.15, -0.1) is 0 Å². The summed E-state index contributed by atoms with van der Waals surface area (Å²) in [5.74, 6) is 0. The van der Waals surface area contributed by atoms with E-state index in [9.17, 15) is 0 Å². The van der Waals surface area contributed by atoms with Gasteiger partial charge in [0.05, 0.1) is 0 Å². The summed E-state index contributed by atoms with van der Waals surface area (Å²) in [7, 11) is 0. The summed E-state index contributed by atoms with van der Waals surface area (Å²) >= 11 is 0. The molecule has 0 saturated heterocycles. The van der Waals surface area contributed by atoms with Crippen LogP contribution in [0.25, 0.3) is 0 Å². The minimum Gasteiger partial charge on any atom is -0.358 e. The number of hydrogen-bond acceptors (Lipinski definition) is 0. The van der Waals surface area contributed by atoms with Gasteiger partial charge >= 0.3 is 32.7 Å². The minimum absolute atomic E-state index is 0. The molecule has 69 valence electrons. The monoisotopic (exact) mass is 312 g/mol. The summed E-state index contributed by atoms with van der Waals surface area (Å²) in [4.78, 5) is 0. The molecule has 0 atom stereocenters. The van der Waals surface area contributed by atoms with Crippen molar-refractivity contribution in [2.45, 2.75) is 34.1 Å². The summed E-state index contributed by atoms with van der Waals surface area (Å²) in [5, 5.41) is 0. The smallest absolute Gasteiger partial charge is 0.358 e. The molecule has 0 aliphatic carbocycles. The Bertz CT molecular complexity index is 7.52. The van der Waals surface area contributed by atoms with E-state index in [1.165, 1.54) is 6.42 Å². The van der Waals surface area contributed by atoms with Gasteiger partial charge in [0.15, 0.2) is 0 Å². The van der Waals surface area contributed by atoms with Crippen LogP contribution in [-0.4, -0.2) is 0 Å². The van der Waals surface area contributed by atoms with E-state index in [1.54, 1.807) is 0 Å². The largest absolute Gasteiger partial charge is 3.00 e. The standard InChI is InChI=1S/C3H8.C2H6.4CH3.2Y/c1-3-2;1-2;;;;;;/h3H2,1-2H3;1-2H3;4*1H3;;/q;;4*-1;;+3. The van der Waals surface area contributed by atoms with E-state index >= 15 is 0 Å². The zero-order valence-electron chi connectivity index (χ0n) is 9.86. The molecule has 0 bridgehead atoms. The van der Waals surface area contributed by atoms with Gasteiger partial charge in [-0.05, 0) is 0 Å². The Labute approximate surface area is 127 Å². The van der Waals surface area contributed by atoms with Crippen LogP contribution < -0.4 is 0 Å². The van der Waals surface area contributed by atoms with Crippen LogP contribution in [-0.2, 0) is 65.4 Å². The van der Waals surface area contributed by atoms with Gasteiger partial charge in [0.25, 0.3) is 0 Å². The Morgan fingerprint density at radius 1 is 0.727 bits per heavy atom. The normalized spacial score (nSPS) is 2.18. The molecule has 0 nitrogen and oxygen atoms in total. The predicted octanol–water partition coefficient (Wildman–Crippen LogP) is 4.24. The number of hydrogen-bond donors (Lipinski definition) is 0. The van der Waals surface area contributed by atoms with Crippen LogP contribution >= 0.6 is 0 Å². The van der Waals surface area contributed by atoms with Crippen molar-refractivity contribution in [3.05, 3.63) is 29.7 Å². The van der Waals surface area contributed by atoms with E-state index in [0.29, 0.717) is 0 Å². The van der Waals surface area contributed by atoms with Gasteiger partial charge in [0, 0.05) is 32.7 Å². The zero-order valence-corrected chi connectivity index (χ0v) is 15.5. The molecule has 0 rings (SSSR count). The van der Waals surface area contributed by atoms with E-state index in [-0.39, 0.29) is 95.1 Å². The Kier molecular flexibility index (Phi) is 983. The second kappa shape index (κ2) is 149. The van der Waals surface area contributed by atoms with Crippen LogP contribution in [0.15, 0.2) is 0 Å². The molecule has 0 aromatic rings. The molecular formula is C9H26Y2-. The average molecular weight is 312 g/mol. The van der Waals surface area contributed by atoms with E-state index in [1.807, 2.05) is 13.8 Å². The van der Waals surface area contributed by atoms with E-state index in [0.717, 1.165) is 0 Å². The third-order valence-electron chi connectivity index (χ3n) is 0. The summed E-state index contributed by atoms with van der Waals surface area (Å²) in [6, 6.07) is 0. The molecule has 2 heteroatoms. The molecule has 0 N–H and O–H groups in total. The molecule has 0 spiro atoms.